The van der Waals surface area contributed by atoms with Gasteiger partial charge in [0, 0.05) is 43.0 Å². The molecule has 4 nitrogen and oxygen atoms in total. The van der Waals surface area contributed by atoms with Crippen LogP contribution in [0.25, 0.3) is 0 Å². The molecule has 1 aromatic carbocycles. The highest BCUT2D eigenvalue weighted by Crippen LogP contribution is 2.38. The molecule has 128 valence electrons. The number of halogens is 1. The first-order valence-corrected chi connectivity index (χ1v) is 8.53. The zero-order valence-corrected chi connectivity index (χ0v) is 15.0. The van der Waals surface area contributed by atoms with Crippen molar-refractivity contribution in [1.29, 1.82) is 0 Å². The Labute approximate surface area is 143 Å². The first-order valence-electron chi connectivity index (χ1n) is 8.15. The van der Waals surface area contributed by atoms with Crippen molar-refractivity contribution in [3.05, 3.63) is 34.9 Å². The standard InChI is InChI=1S/C18H27ClN2O2/c1-17(2)13-21(10-8-18(17,3)23)9-7-16(22)20-12-14-5-4-6-15(19)11-14/h4-6,11,23H,7-10,12-13H2,1-3H3,(H,20,22)/t18-/m1/s1. The van der Waals surface area contributed by atoms with Crippen molar-refractivity contribution in [2.75, 3.05) is 19.6 Å². The van der Waals surface area contributed by atoms with E-state index < -0.39 is 5.60 Å². The Bertz CT molecular complexity index is 558. The maximum atomic E-state index is 12.0. The predicted molar refractivity (Wildman–Crippen MR) is 93.4 cm³/mol. The van der Waals surface area contributed by atoms with Gasteiger partial charge in [-0.05, 0) is 31.0 Å². The van der Waals surface area contributed by atoms with Gasteiger partial charge in [0.25, 0.3) is 0 Å². The fraction of sp³-hybridized carbons (Fsp3) is 0.611. The van der Waals surface area contributed by atoms with E-state index in [0.717, 1.165) is 31.6 Å². The molecule has 1 aromatic rings. The molecule has 0 aliphatic carbocycles. The lowest BCUT2D eigenvalue weighted by atomic mass is 9.71. The SMILES string of the molecule is CC1(C)CN(CCC(=O)NCc2cccc(Cl)c2)CC[C@@]1(C)O. The van der Waals surface area contributed by atoms with Crippen LogP contribution >= 0.6 is 11.6 Å². The van der Waals surface area contributed by atoms with Crippen LogP contribution in [-0.2, 0) is 11.3 Å². The van der Waals surface area contributed by atoms with Crippen LogP contribution in [0.15, 0.2) is 24.3 Å². The lowest BCUT2D eigenvalue weighted by molar-refractivity contribution is -0.123. The summed E-state index contributed by atoms with van der Waals surface area (Å²) >= 11 is 5.93. The smallest absolute Gasteiger partial charge is 0.221 e. The van der Waals surface area contributed by atoms with Crippen molar-refractivity contribution in [2.24, 2.45) is 5.41 Å². The minimum absolute atomic E-state index is 0.0418. The molecule has 1 aliphatic rings. The van der Waals surface area contributed by atoms with E-state index in [9.17, 15) is 9.90 Å². The molecule has 1 amide bonds. The Morgan fingerprint density at radius 1 is 1.39 bits per heavy atom. The predicted octanol–water partition coefficient (Wildman–Crippen LogP) is 2.83. The fourth-order valence-corrected chi connectivity index (χ4v) is 3.12. The minimum Gasteiger partial charge on any atom is -0.390 e. The highest BCUT2D eigenvalue weighted by atomic mass is 35.5. The highest BCUT2D eigenvalue weighted by Gasteiger charge is 2.43. The van der Waals surface area contributed by atoms with Gasteiger partial charge in [0.2, 0.25) is 5.91 Å². The zero-order valence-electron chi connectivity index (χ0n) is 14.2. The molecule has 0 unspecified atom stereocenters. The van der Waals surface area contributed by atoms with Crippen molar-refractivity contribution in [3.8, 4) is 0 Å². The van der Waals surface area contributed by atoms with Gasteiger partial charge in [-0.2, -0.15) is 0 Å². The van der Waals surface area contributed by atoms with Crippen LogP contribution < -0.4 is 5.32 Å². The third kappa shape index (κ3) is 4.93. The van der Waals surface area contributed by atoms with E-state index in [0.29, 0.717) is 18.0 Å². The molecular formula is C18H27ClN2O2. The number of rotatable bonds is 5. The van der Waals surface area contributed by atoms with Crippen LogP contribution in [0, 0.1) is 5.41 Å². The van der Waals surface area contributed by atoms with Gasteiger partial charge in [-0.25, -0.2) is 0 Å². The third-order valence-corrected chi connectivity index (χ3v) is 5.26. The van der Waals surface area contributed by atoms with Crippen LogP contribution in [0.3, 0.4) is 0 Å². The number of carbonyl (C=O) groups excluding carboxylic acids is 1. The Balaban J connectivity index is 1.75. The average Bonchev–Trinajstić information content (AvgIpc) is 2.46. The van der Waals surface area contributed by atoms with E-state index in [2.05, 4.69) is 24.1 Å². The second kappa shape index (κ2) is 7.20. The first kappa shape index (κ1) is 18.2. The lowest BCUT2D eigenvalue weighted by Gasteiger charge is -2.48. The number of aliphatic hydroxyl groups is 1. The Hall–Kier alpha value is -1.10. The number of carbonyl (C=O) groups is 1. The van der Waals surface area contributed by atoms with Gasteiger partial charge in [-0.15, -0.1) is 0 Å². The van der Waals surface area contributed by atoms with Gasteiger partial charge < -0.3 is 15.3 Å². The molecule has 1 heterocycles. The molecule has 2 rings (SSSR count). The second-order valence-corrected chi connectivity index (χ2v) is 7.78. The molecule has 1 fully saturated rings. The quantitative estimate of drug-likeness (QED) is 0.868. The number of hydrogen-bond acceptors (Lipinski definition) is 3. The van der Waals surface area contributed by atoms with Crippen LogP contribution in [0.1, 0.15) is 39.2 Å². The number of benzene rings is 1. The zero-order chi connectivity index (χ0) is 17.1. The van der Waals surface area contributed by atoms with E-state index in [4.69, 9.17) is 11.6 Å². The number of amides is 1. The van der Waals surface area contributed by atoms with Crippen LogP contribution in [0.5, 0.6) is 0 Å². The molecule has 0 saturated carbocycles. The van der Waals surface area contributed by atoms with Gasteiger partial charge in [-0.1, -0.05) is 37.6 Å². The minimum atomic E-state index is -0.641. The number of nitrogens with zero attached hydrogens (tertiary/aromatic N) is 1. The third-order valence-electron chi connectivity index (χ3n) is 5.03. The summed E-state index contributed by atoms with van der Waals surface area (Å²) in [5.74, 6) is 0.0418. The molecule has 0 bridgehead atoms. The number of piperidine rings is 1. The monoisotopic (exact) mass is 338 g/mol. The van der Waals surface area contributed by atoms with Crippen molar-refractivity contribution in [3.63, 3.8) is 0 Å². The number of nitrogens with one attached hydrogen (secondary N) is 1. The summed E-state index contributed by atoms with van der Waals surface area (Å²) in [6.07, 6.45) is 1.21. The average molecular weight is 339 g/mol. The fourth-order valence-electron chi connectivity index (χ4n) is 2.91. The summed E-state index contributed by atoms with van der Waals surface area (Å²) in [7, 11) is 0. The summed E-state index contributed by atoms with van der Waals surface area (Å²) in [4.78, 5) is 14.3. The van der Waals surface area contributed by atoms with Crippen molar-refractivity contribution in [1.82, 2.24) is 10.2 Å². The molecule has 0 aromatic heterocycles. The van der Waals surface area contributed by atoms with Gasteiger partial charge in [0.15, 0.2) is 0 Å². The summed E-state index contributed by atoms with van der Waals surface area (Å²) < 4.78 is 0. The molecule has 23 heavy (non-hydrogen) atoms. The molecule has 5 heteroatoms. The van der Waals surface area contributed by atoms with E-state index in [1.807, 2.05) is 31.2 Å². The molecule has 0 radical (unpaired) electrons. The largest absolute Gasteiger partial charge is 0.390 e. The second-order valence-electron chi connectivity index (χ2n) is 7.34. The van der Waals surface area contributed by atoms with Crippen LogP contribution in [-0.4, -0.2) is 41.1 Å². The highest BCUT2D eigenvalue weighted by molar-refractivity contribution is 6.30. The lowest BCUT2D eigenvalue weighted by Crippen LogP contribution is -2.56. The molecule has 2 N–H and O–H groups in total. The van der Waals surface area contributed by atoms with Crippen molar-refractivity contribution < 1.29 is 9.90 Å². The summed E-state index contributed by atoms with van der Waals surface area (Å²) in [6.45, 7) is 8.93. The van der Waals surface area contributed by atoms with Crippen LogP contribution in [0.2, 0.25) is 5.02 Å². The van der Waals surface area contributed by atoms with Crippen molar-refractivity contribution >= 4 is 17.5 Å². The number of hydrogen-bond donors (Lipinski definition) is 2. The topological polar surface area (TPSA) is 52.6 Å². The summed E-state index contributed by atoms with van der Waals surface area (Å²) in [6, 6.07) is 7.50. The maximum Gasteiger partial charge on any atom is 0.221 e. The molecule has 1 atom stereocenters. The van der Waals surface area contributed by atoms with E-state index in [1.54, 1.807) is 0 Å². The Kier molecular flexibility index (Phi) is 5.71. The summed E-state index contributed by atoms with van der Waals surface area (Å²) in [5, 5.41) is 14.0. The van der Waals surface area contributed by atoms with Gasteiger partial charge >= 0.3 is 0 Å². The maximum absolute atomic E-state index is 12.0. The van der Waals surface area contributed by atoms with Gasteiger partial charge in [0.1, 0.15) is 0 Å². The van der Waals surface area contributed by atoms with E-state index in [1.165, 1.54) is 0 Å². The molecular weight excluding hydrogens is 312 g/mol. The number of likely N-dealkylation sites (tertiary alicyclic amines) is 1. The van der Waals surface area contributed by atoms with E-state index >= 15 is 0 Å². The first-order chi connectivity index (χ1) is 10.7. The van der Waals surface area contributed by atoms with Crippen molar-refractivity contribution in [2.45, 2.75) is 45.8 Å². The van der Waals surface area contributed by atoms with Crippen LogP contribution in [0.4, 0.5) is 0 Å². The normalized spacial score (nSPS) is 24.4. The van der Waals surface area contributed by atoms with Gasteiger partial charge in [0.05, 0.1) is 5.60 Å². The van der Waals surface area contributed by atoms with E-state index in [-0.39, 0.29) is 11.3 Å². The molecule has 1 aliphatic heterocycles. The summed E-state index contributed by atoms with van der Waals surface area (Å²) in [5.41, 5.74) is 0.196. The molecule has 1 saturated heterocycles. The Morgan fingerprint density at radius 2 is 2.13 bits per heavy atom. The molecule has 0 spiro atoms. The van der Waals surface area contributed by atoms with Gasteiger partial charge in [-0.3, -0.25) is 4.79 Å². The Morgan fingerprint density at radius 3 is 2.78 bits per heavy atom.